The number of carbonyl (C=O) groups is 2. The minimum Gasteiger partial charge on any atom is -0.456 e. The van der Waals surface area contributed by atoms with Crippen LogP contribution in [0.3, 0.4) is 0 Å². The third kappa shape index (κ3) is 5.77. The summed E-state index contributed by atoms with van der Waals surface area (Å²) < 4.78 is 9.94. The zero-order chi connectivity index (χ0) is 23.2. The zero-order valence-electron chi connectivity index (χ0n) is 16.9. The van der Waals surface area contributed by atoms with E-state index in [0.29, 0.717) is 0 Å². The molecule has 0 aliphatic rings. The van der Waals surface area contributed by atoms with E-state index in [1.165, 1.54) is 48.5 Å². The summed E-state index contributed by atoms with van der Waals surface area (Å²) in [7, 11) is 0. The number of esters is 2. The number of hydrogen-bond acceptors (Lipinski definition) is 8. The van der Waals surface area contributed by atoms with Crippen LogP contribution in [-0.2, 0) is 21.0 Å². The Morgan fingerprint density at radius 2 is 0.875 bits per heavy atom. The topological polar surface area (TPSA) is 134 Å². The minimum atomic E-state index is -2.35. The molecule has 0 saturated heterocycles. The summed E-state index contributed by atoms with van der Waals surface area (Å²) in [5.41, 5.74) is 0.497. The van der Waals surface area contributed by atoms with Crippen molar-refractivity contribution in [1.29, 1.82) is 0 Å². The highest BCUT2D eigenvalue weighted by Crippen LogP contribution is 2.20. The molecule has 3 aromatic carbocycles. The highest BCUT2D eigenvalue weighted by molar-refractivity contribution is 5.93. The second-order valence-corrected chi connectivity index (χ2v) is 7.09. The van der Waals surface area contributed by atoms with Crippen molar-refractivity contribution in [1.82, 2.24) is 0 Å². The van der Waals surface area contributed by atoms with Crippen LogP contribution in [0.1, 0.15) is 31.8 Å². The summed E-state index contributed by atoms with van der Waals surface area (Å²) in [4.78, 5) is 24.4. The largest absolute Gasteiger partial charge is 0.456 e. The van der Waals surface area contributed by atoms with E-state index in [4.69, 9.17) is 9.47 Å². The molecule has 3 rings (SSSR count). The summed E-state index contributed by atoms with van der Waals surface area (Å²) >= 11 is 0. The molecule has 0 spiro atoms. The van der Waals surface area contributed by atoms with Crippen LogP contribution in [0.2, 0.25) is 0 Å². The first-order chi connectivity index (χ1) is 15.2. The number of ether oxygens (including phenoxy) is 2. The Morgan fingerprint density at radius 1 is 0.562 bits per heavy atom. The lowest BCUT2D eigenvalue weighted by Crippen LogP contribution is -2.32. The lowest BCUT2D eigenvalue weighted by molar-refractivity contribution is -0.196. The second kappa shape index (κ2) is 9.71. The van der Waals surface area contributed by atoms with E-state index >= 15 is 0 Å². The standard InChI is InChI=1S/C24H22O8/c25-21(31-15-23(27,28)19-7-3-1-4-8-19)17-11-13-18(14-12-17)22(26)32-16-24(29,30)20-9-5-2-6-10-20/h1-14,27-30H,15-16H2. The van der Waals surface area contributed by atoms with Crippen LogP contribution in [0.4, 0.5) is 0 Å². The van der Waals surface area contributed by atoms with E-state index in [-0.39, 0.29) is 22.3 Å². The Bertz CT molecular complexity index is 958. The molecule has 0 unspecified atom stereocenters. The van der Waals surface area contributed by atoms with Crippen LogP contribution < -0.4 is 0 Å². The van der Waals surface area contributed by atoms with Gasteiger partial charge >= 0.3 is 11.9 Å². The lowest BCUT2D eigenvalue weighted by atomic mass is 10.1. The van der Waals surface area contributed by atoms with Crippen molar-refractivity contribution in [2.75, 3.05) is 13.2 Å². The highest BCUT2D eigenvalue weighted by Gasteiger charge is 2.29. The molecule has 4 N–H and O–H groups in total. The lowest BCUT2D eigenvalue weighted by Gasteiger charge is -2.22. The molecule has 0 fully saturated rings. The molecule has 0 saturated carbocycles. The van der Waals surface area contributed by atoms with Gasteiger partial charge in [0, 0.05) is 11.1 Å². The summed E-state index contributed by atoms with van der Waals surface area (Å²) in [6.45, 7) is -1.37. The molecule has 0 aliphatic heterocycles. The molecule has 0 bridgehead atoms. The first-order valence-corrected chi connectivity index (χ1v) is 9.64. The SMILES string of the molecule is O=C(OCC(O)(O)c1ccccc1)c1ccc(C(=O)OCC(O)(O)c2ccccc2)cc1. The van der Waals surface area contributed by atoms with Crippen molar-refractivity contribution >= 4 is 11.9 Å². The highest BCUT2D eigenvalue weighted by atomic mass is 16.6. The van der Waals surface area contributed by atoms with Gasteiger partial charge in [-0.2, -0.15) is 0 Å². The van der Waals surface area contributed by atoms with Gasteiger partial charge in [-0.15, -0.1) is 0 Å². The van der Waals surface area contributed by atoms with Crippen molar-refractivity contribution in [3.8, 4) is 0 Å². The van der Waals surface area contributed by atoms with Gasteiger partial charge in [-0.25, -0.2) is 9.59 Å². The van der Waals surface area contributed by atoms with E-state index in [1.807, 2.05) is 0 Å². The summed E-state index contributed by atoms with van der Waals surface area (Å²) in [5, 5.41) is 40.3. The van der Waals surface area contributed by atoms with E-state index in [9.17, 15) is 30.0 Å². The summed E-state index contributed by atoms with van der Waals surface area (Å²) in [6, 6.07) is 21.1. The van der Waals surface area contributed by atoms with Gasteiger partial charge in [-0.3, -0.25) is 0 Å². The van der Waals surface area contributed by atoms with Crippen molar-refractivity contribution in [3.63, 3.8) is 0 Å². The number of rotatable bonds is 8. The monoisotopic (exact) mass is 438 g/mol. The van der Waals surface area contributed by atoms with Crippen molar-refractivity contribution in [2.24, 2.45) is 0 Å². The Kier molecular flexibility index (Phi) is 7.01. The van der Waals surface area contributed by atoms with Gasteiger partial charge in [0.15, 0.2) is 0 Å². The molecular weight excluding hydrogens is 416 g/mol. The first kappa shape index (κ1) is 23.1. The minimum absolute atomic E-state index is 0.0772. The van der Waals surface area contributed by atoms with Crippen LogP contribution in [0.25, 0.3) is 0 Å². The summed E-state index contributed by atoms with van der Waals surface area (Å²) in [6.07, 6.45) is 0. The van der Waals surface area contributed by atoms with Crippen LogP contribution in [-0.4, -0.2) is 45.6 Å². The molecule has 0 aromatic heterocycles. The predicted molar refractivity (Wildman–Crippen MR) is 112 cm³/mol. The number of carbonyl (C=O) groups excluding carboxylic acids is 2. The molecule has 8 heteroatoms. The van der Waals surface area contributed by atoms with E-state index in [1.54, 1.807) is 36.4 Å². The summed E-state index contributed by atoms with van der Waals surface area (Å²) in [5.74, 6) is -6.33. The maximum Gasteiger partial charge on any atom is 0.338 e. The Balaban J connectivity index is 1.56. The van der Waals surface area contributed by atoms with Crippen LogP contribution >= 0.6 is 0 Å². The number of aliphatic hydroxyl groups is 4. The van der Waals surface area contributed by atoms with Crippen molar-refractivity contribution < 1.29 is 39.5 Å². The van der Waals surface area contributed by atoms with Gasteiger partial charge in [0.25, 0.3) is 0 Å². The Labute approximate surface area is 183 Å². The van der Waals surface area contributed by atoms with Crippen molar-refractivity contribution in [2.45, 2.75) is 11.6 Å². The average Bonchev–Trinajstić information content (AvgIpc) is 2.82. The van der Waals surface area contributed by atoms with Gasteiger partial charge in [0.1, 0.15) is 13.2 Å². The molecule has 3 aromatic rings. The van der Waals surface area contributed by atoms with Gasteiger partial charge in [-0.1, -0.05) is 60.7 Å². The molecule has 0 aliphatic carbocycles. The molecular formula is C24H22O8. The molecule has 0 atom stereocenters. The molecule has 0 heterocycles. The fourth-order valence-electron chi connectivity index (χ4n) is 2.82. The Morgan fingerprint density at radius 3 is 1.19 bits per heavy atom. The number of benzene rings is 3. The fraction of sp³-hybridized carbons (Fsp3) is 0.167. The van der Waals surface area contributed by atoms with Gasteiger partial charge in [-0.05, 0) is 24.3 Å². The predicted octanol–water partition coefficient (Wildman–Crippen LogP) is 1.68. The van der Waals surface area contributed by atoms with E-state index in [2.05, 4.69) is 0 Å². The number of hydrogen-bond donors (Lipinski definition) is 4. The van der Waals surface area contributed by atoms with E-state index in [0.717, 1.165) is 0 Å². The van der Waals surface area contributed by atoms with Crippen molar-refractivity contribution in [3.05, 3.63) is 107 Å². The molecule has 0 radical (unpaired) electrons. The molecule has 32 heavy (non-hydrogen) atoms. The Hall–Kier alpha value is -3.56. The molecule has 8 nitrogen and oxygen atoms in total. The average molecular weight is 438 g/mol. The van der Waals surface area contributed by atoms with E-state index < -0.39 is 36.7 Å². The second-order valence-electron chi connectivity index (χ2n) is 7.09. The fourth-order valence-corrected chi connectivity index (χ4v) is 2.82. The quantitative estimate of drug-likeness (QED) is 0.308. The normalized spacial score (nSPS) is 11.6. The smallest absolute Gasteiger partial charge is 0.338 e. The maximum atomic E-state index is 12.2. The molecule has 0 amide bonds. The van der Waals surface area contributed by atoms with Gasteiger partial charge < -0.3 is 29.9 Å². The zero-order valence-corrected chi connectivity index (χ0v) is 16.9. The van der Waals surface area contributed by atoms with Crippen LogP contribution in [0.5, 0.6) is 0 Å². The maximum absolute atomic E-state index is 12.2. The van der Waals surface area contributed by atoms with Crippen LogP contribution in [0, 0.1) is 0 Å². The van der Waals surface area contributed by atoms with Crippen LogP contribution in [0.15, 0.2) is 84.9 Å². The third-order valence-corrected chi connectivity index (χ3v) is 4.64. The molecule has 166 valence electrons. The van der Waals surface area contributed by atoms with Gasteiger partial charge in [0.2, 0.25) is 11.6 Å². The third-order valence-electron chi connectivity index (χ3n) is 4.64. The van der Waals surface area contributed by atoms with Gasteiger partial charge in [0.05, 0.1) is 11.1 Å². The first-order valence-electron chi connectivity index (χ1n) is 9.64.